The molecule has 3 unspecified atom stereocenters. The maximum Gasteiger partial charge on any atom is 0.144 e. The number of rotatable bonds is 4. The molecule has 3 nitrogen and oxygen atoms in total. The Hall–Kier alpha value is -0.420. The highest BCUT2D eigenvalue weighted by atomic mass is 32.2. The maximum absolute atomic E-state index is 4.64. The van der Waals surface area contributed by atoms with E-state index < -0.39 is 0 Å². The van der Waals surface area contributed by atoms with Crippen LogP contribution in [0.5, 0.6) is 0 Å². The van der Waals surface area contributed by atoms with E-state index in [-0.39, 0.29) is 0 Å². The van der Waals surface area contributed by atoms with Crippen LogP contribution in [0.3, 0.4) is 0 Å². The number of hydrogen-bond donors (Lipinski definition) is 1. The molecule has 2 rings (SSSR count). The monoisotopic (exact) mass is 283 g/mol. The van der Waals surface area contributed by atoms with E-state index >= 15 is 0 Å². The van der Waals surface area contributed by atoms with E-state index in [1.54, 1.807) is 0 Å². The standard InChI is InChI=1S/C13H21N3S2/c1-4-6-14-12-5-7-15-13(16-12)11-8-17-9(2)10(3)18-11/h5,7,9-11H,4,6,8H2,1-3H3,(H,14,15,16). The lowest BCUT2D eigenvalue weighted by Gasteiger charge is -2.30. The quantitative estimate of drug-likeness (QED) is 0.914. The van der Waals surface area contributed by atoms with Crippen molar-refractivity contribution in [3.05, 3.63) is 18.1 Å². The third-order valence-electron chi connectivity index (χ3n) is 3.07. The number of nitrogens with zero attached hydrogens (tertiary/aromatic N) is 2. The molecule has 2 heterocycles. The summed E-state index contributed by atoms with van der Waals surface area (Å²) >= 11 is 4.04. The zero-order valence-electron chi connectivity index (χ0n) is 11.2. The van der Waals surface area contributed by atoms with Gasteiger partial charge in [0.15, 0.2) is 0 Å². The first kappa shape index (κ1) is 14.0. The first-order valence-corrected chi connectivity index (χ1v) is 8.53. The van der Waals surface area contributed by atoms with Crippen molar-refractivity contribution in [1.82, 2.24) is 9.97 Å². The molecule has 18 heavy (non-hydrogen) atoms. The molecule has 0 saturated carbocycles. The zero-order chi connectivity index (χ0) is 13.0. The molecule has 1 N–H and O–H groups in total. The molecular weight excluding hydrogens is 262 g/mol. The van der Waals surface area contributed by atoms with Crippen molar-refractivity contribution in [1.29, 1.82) is 0 Å². The molecule has 100 valence electrons. The van der Waals surface area contributed by atoms with Crippen molar-refractivity contribution >= 4 is 29.3 Å². The SMILES string of the molecule is CCCNc1ccnc(C2CSC(C)C(C)S2)n1. The highest BCUT2D eigenvalue weighted by Crippen LogP contribution is 2.43. The summed E-state index contributed by atoms with van der Waals surface area (Å²) in [4.78, 5) is 9.08. The number of hydrogen-bond acceptors (Lipinski definition) is 5. The lowest BCUT2D eigenvalue weighted by Crippen LogP contribution is -2.23. The van der Waals surface area contributed by atoms with Gasteiger partial charge in [-0.05, 0) is 12.5 Å². The van der Waals surface area contributed by atoms with E-state index in [2.05, 4.69) is 36.1 Å². The summed E-state index contributed by atoms with van der Waals surface area (Å²) in [5, 5.41) is 5.16. The number of aromatic nitrogens is 2. The average Bonchev–Trinajstić information content (AvgIpc) is 2.40. The summed E-state index contributed by atoms with van der Waals surface area (Å²) in [6.07, 6.45) is 2.98. The van der Waals surface area contributed by atoms with Crippen LogP contribution in [-0.4, -0.2) is 32.8 Å². The average molecular weight is 283 g/mol. The minimum absolute atomic E-state index is 0.435. The molecule has 5 heteroatoms. The van der Waals surface area contributed by atoms with Crippen LogP contribution < -0.4 is 5.32 Å². The van der Waals surface area contributed by atoms with E-state index in [0.717, 1.165) is 35.6 Å². The third kappa shape index (κ3) is 3.54. The molecule has 0 bridgehead atoms. The molecule has 0 spiro atoms. The molecule has 0 radical (unpaired) electrons. The van der Waals surface area contributed by atoms with Crippen LogP contribution in [-0.2, 0) is 0 Å². The van der Waals surface area contributed by atoms with E-state index in [4.69, 9.17) is 0 Å². The minimum Gasteiger partial charge on any atom is -0.370 e. The minimum atomic E-state index is 0.435. The van der Waals surface area contributed by atoms with Crippen molar-refractivity contribution in [2.75, 3.05) is 17.6 Å². The van der Waals surface area contributed by atoms with Crippen LogP contribution in [0.4, 0.5) is 5.82 Å². The molecule has 1 aliphatic rings. The summed E-state index contributed by atoms with van der Waals surface area (Å²) in [5.41, 5.74) is 0. The van der Waals surface area contributed by atoms with Gasteiger partial charge < -0.3 is 5.32 Å². The fourth-order valence-corrected chi connectivity index (χ4v) is 4.65. The van der Waals surface area contributed by atoms with Gasteiger partial charge in [0.05, 0.1) is 5.25 Å². The summed E-state index contributed by atoms with van der Waals surface area (Å²) in [7, 11) is 0. The van der Waals surface area contributed by atoms with Crippen molar-refractivity contribution < 1.29 is 0 Å². The fraction of sp³-hybridized carbons (Fsp3) is 0.692. The second-order valence-corrected chi connectivity index (χ2v) is 7.59. The molecule has 1 aromatic rings. The molecule has 1 saturated heterocycles. The van der Waals surface area contributed by atoms with Crippen LogP contribution in [0, 0.1) is 0 Å². The van der Waals surface area contributed by atoms with Crippen molar-refractivity contribution in [3.8, 4) is 0 Å². The summed E-state index contributed by atoms with van der Waals surface area (Å²) in [5.74, 6) is 3.05. The van der Waals surface area contributed by atoms with Crippen molar-refractivity contribution in [2.45, 2.75) is 42.9 Å². The van der Waals surface area contributed by atoms with Crippen LogP contribution in [0.2, 0.25) is 0 Å². The number of thioether (sulfide) groups is 2. The topological polar surface area (TPSA) is 37.8 Å². The smallest absolute Gasteiger partial charge is 0.144 e. The van der Waals surface area contributed by atoms with Crippen molar-refractivity contribution in [2.24, 2.45) is 0 Å². The summed E-state index contributed by atoms with van der Waals surface area (Å²) in [6.45, 7) is 7.73. The van der Waals surface area contributed by atoms with Gasteiger partial charge in [-0.2, -0.15) is 11.8 Å². The molecule has 0 aromatic carbocycles. The van der Waals surface area contributed by atoms with Crippen LogP contribution in [0.15, 0.2) is 12.3 Å². The maximum atomic E-state index is 4.64. The molecule has 0 amide bonds. The molecule has 1 aromatic heterocycles. The van der Waals surface area contributed by atoms with E-state index in [0.29, 0.717) is 10.5 Å². The fourth-order valence-electron chi connectivity index (χ4n) is 1.80. The highest BCUT2D eigenvalue weighted by molar-refractivity contribution is 8.07. The Balaban J connectivity index is 2.04. The highest BCUT2D eigenvalue weighted by Gasteiger charge is 2.28. The number of anilines is 1. The van der Waals surface area contributed by atoms with Gasteiger partial charge in [0.25, 0.3) is 0 Å². The Morgan fingerprint density at radius 2 is 2.22 bits per heavy atom. The normalized spacial score (nSPS) is 28.1. The molecule has 0 aliphatic carbocycles. The summed E-state index contributed by atoms with van der Waals surface area (Å²) in [6, 6.07) is 1.95. The van der Waals surface area contributed by atoms with Gasteiger partial charge in [-0.3, -0.25) is 0 Å². The lowest BCUT2D eigenvalue weighted by atomic mass is 10.3. The molecule has 1 aliphatic heterocycles. The van der Waals surface area contributed by atoms with Gasteiger partial charge in [0, 0.05) is 29.0 Å². The van der Waals surface area contributed by atoms with Gasteiger partial charge in [-0.25, -0.2) is 9.97 Å². The lowest BCUT2D eigenvalue weighted by molar-refractivity contribution is 0.856. The first-order valence-electron chi connectivity index (χ1n) is 6.54. The second kappa shape index (κ2) is 6.66. The van der Waals surface area contributed by atoms with Crippen LogP contribution >= 0.6 is 23.5 Å². The van der Waals surface area contributed by atoms with Gasteiger partial charge in [-0.1, -0.05) is 20.8 Å². The number of nitrogens with one attached hydrogen (secondary N) is 1. The predicted molar refractivity (Wildman–Crippen MR) is 82.5 cm³/mol. The van der Waals surface area contributed by atoms with Crippen molar-refractivity contribution in [3.63, 3.8) is 0 Å². The van der Waals surface area contributed by atoms with Gasteiger partial charge in [0.1, 0.15) is 11.6 Å². The molecule has 3 atom stereocenters. The zero-order valence-corrected chi connectivity index (χ0v) is 12.9. The van der Waals surface area contributed by atoms with Crippen LogP contribution in [0.1, 0.15) is 38.3 Å². The molecule has 1 fully saturated rings. The van der Waals surface area contributed by atoms with Gasteiger partial charge in [-0.15, -0.1) is 11.8 Å². The Morgan fingerprint density at radius 3 is 2.94 bits per heavy atom. The van der Waals surface area contributed by atoms with Gasteiger partial charge >= 0.3 is 0 Å². The predicted octanol–water partition coefficient (Wildman–Crippen LogP) is 3.60. The summed E-state index contributed by atoms with van der Waals surface area (Å²) < 4.78 is 0. The third-order valence-corrected chi connectivity index (χ3v) is 6.46. The van der Waals surface area contributed by atoms with Gasteiger partial charge in [0.2, 0.25) is 0 Å². The largest absolute Gasteiger partial charge is 0.370 e. The second-order valence-electron chi connectivity index (χ2n) is 4.60. The Kier molecular flexibility index (Phi) is 5.18. The van der Waals surface area contributed by atoms with E-state index in [1.807, 2.05) is 35.8 Å². The van der Waals surface area contributed by atoms with E-state index in [9.17, 15) is 0 Å². The van der Waals surface area contributed by atoms with Crippen LogP contribution in [0.25, 0.3) is 0 Å². The Labute approximate surface area is 118 Å². The Bertz CT molecular complexity index is 386. The van der Waals surface area contributed by atoms with E-state index in [1.165, 1.54) is 0 Å². The Morgan fingerprint density at radius 1 is 1.39 bits per heavy atom. The first-order chi connectivity index (χ1) is 8.70. The molecular formula is C13H21N3S2.